The number of nitrogens with zero attached hydrogens (tertiary/aromatic N) is 2. The number of sulfonamides is 1. The first-order valence-electron chi connectivity index (χ1n) is 6.41. The van der Waals surface area contributed by atoms with E-state index < -0.39 is 44.3 Å². The minimum Gasteiger partial charge on any atom is -0.247 e. The van der Waals surface area contributed by atoms with E-state index in [9.17, 15) is 34.8 Å². The van der Waals surface area contributed by atoms with E-state index in [1.54, 1.807) is 4.72 Å². The summed E-state index contributed by atoms with van der Waals surface area (Å²) in [5.41, 5.74) is -3.14. The maximum absolute atomic E-state index is 12.8. The molecular formula is C13H9F6N3O2S. The van der Waals surface area contributed by atoms with E-state index in [0.717, 1.165) is 0 Å². The molecule has 0 amide bonds. The lowest BCUT2D eigenvalue weighted by molar-refractivity contribution is -0.143. The van der Waals surface area contributed by atoms with Crippen LogP contribution in [-0.4, -0.2) is 18.4 Å². The molecule has 0 radical (unpaired) electrons. The van der Waals surface area contributed by atoms with Crippen molar-refractivity contribution in [3.05, 3.63) is 47.3 Å². The highest BCUT2D eigenvalue weighted by Gasteiger charge is 2.38. The normalized spacial score (nSPS) is 12.9. The molecule has 0 saturated heterocycles. The number of aryl methyl sites for hydroxylation is 1. The highest BCUT2D eigenvalue weighted by Crippen LogP contribution is 2.37. The Kier molecular flexibility index (Phi) is 4.68. The Balaban J connectivity index is 2.56. The van der Waals surface area contributed by atoms with Gasteiger partial charge >= 0.3 is 12.4 Å². The SMILES string of the molecule is Cc1ccnc(NS(=O)(=O)c2cc(C(F)(F)F)cc(C(F)(F)F)c2)n1. The van der Waals surface area contributed by atoms with Crippen molar-refractivity contribution in [2.45, 2.75) is 24.2 Å². The van der Waals surface area contributed by atoms with Gasteiger partial charge in [0.15, 0.2) is 0 Å². The second kappa shape index (κ2) is 6.17. The van der Waals surface area contributed by atoms with Crippen LogP contribution in [0.5, 0.6) is 0 Å². The quantitative estimate of drug-likeness (QED) is 0.820. The predicted octanol–water partition coefficient (Wildman–Crippen LogP) is 3.62. The second-order valence-electron chi connectivity index (χ2n) is 4.87. The minimum absolute atomic E-state index is 0.105. The van der Waals surface area contributed by atoms with Gasteiger partial charge in [0.1, 0.15) is 0 Å². The Morgan fingerprint density at radius 1 is 0.960 bits per heavy atom. The Morgan fingerprint density at radius 3 is 1.92 bits per heavy atom. The van der Waals surface area contributed by atoms with Crippen LogP contribution in [0.4, 0.5) is 32.3 Å². The minimum atomic E-state index is -5.16. The molecule has 1 heterocycles. The summed E-state index contributed by atoms with van der Waals surface area (Å²) in [6, 6.07) is 1.47. The van der Waals surface area contributed by atoms with Gasteiger partial charge < -0.3 is 0 Å². The van der Waals surface area contributed by atoms with Gasteiger partial charge in [-0.15, -0.1) is 0 Å². The van der Waals surface area contributed by atoms with Crippen molar-refractivity contribution >= 4 is 16.0 Å². The molecule has 0 aliphatic heterocycles. The van der Waals surface area contributed by atoms with Gasteiger partial charge in [-0.3, -0.25) is 0 Å². The van der Waals surface area contributed by atoms with Crippen molar-refractivity contribution in [1.29, 1.82) is 0 Å². The van der Waals surface area contributed by atoms with E-state index in [2.05, 4.69) is 9.97 Å². The Morgan fingerprint density at radius 2 is 1.48 bits per heavy atom. The molecule has 0 aliphatic rings. The van der Waals surface area contributed by atoms with Crippen molar-refractivity contribution in [1.82, 2.24) is 9.97 Å². The van der Waals surface area contributed by atoms with E-state index in [1.165, 1.54) is 19.2 Å². The zero-order valence-electron chi connectivity index (χ0n) is 12.3. The molecule has 0 unspecified atom stereocenters. The fourth-order valence-electron chi connectivity index (χ4n) is 1.76. The van der Waals surface area contributed by atoms with Crippen molar-refractivity contribution in [2.75, 3.05) is 4.72 Å². The third-order valence-electron chi connectivity index (χ3n) is 2.89. The first-order valence-corrected chi connectivity index (χ1v) is 7.89. The van der Waals surface area contributed by atoms with Crippen LogP contribution in [0.3, 0.4) is 0 Å². The standard InChI is InChI=1S/C13H9F6N3O2S/c1-7-2-3-20-11(21-7)22-25(23,24)10-5-8(12(14,15)16)4-9(6-10)13(17,18)19/h2-6H,1H3,(H,20,21,22). The summed E-state index contributed by atoms with van der Waals surface area (Å²) in [6.07, 6.45) is -9.15. The molecule has 0 fully saturated rings. The molecule has 1 N–H and O–H groups in total. The van der Waals surface area contributed by atoms with Gasteiger partial charge in [0.2, 0.25) is 5.95 Å². The number of anilines is 1. The van der Waals surface area contributed by atoms with Crippen molar-refractivity contribution < 1.29 is 34.8 Å². The van der Waals surface area contributed by atoms with Crippen LogP contribution in [0.2, 0.25) is 0 Å². The second-order valence-corrected chi connectivity index (χ2v) is 6.55. The van der Waals surface area contributed by atoms with Crippen LogP contribution >= 0.6 is 0 Å². The molecule has 0 atom stereocenters. The number of hydrogen-bond acceptors (Lipinski definition) is 4. The van der Waals surface area contributed by atoms with Gasteiger partial charge in [0.05, 0.1) is 16.0 Å². The largest absolute Gasteiger partial charge is 0.416 e. The summed E-state index contributed by atoms with van der Waals surface area (Å²) in [5, 5.41) is 0. The third kappa shape index (κ3) is 4.59. The molecule has 0 saturated carbocycles. The molecule has 1 aromatic carbocycles. The number of nitrogens with one attached hydrogen (secondary N) is 1. The molecule has 1 aromatic heterocycles. The lowest BCUT2D eigenvalue weighted by atomic mass is 10.1. The summed E-state index contributed by atoms with van der Waals surface area (Å²) in [6.45, 7) is 1.49. The van der Waals surface area contributed by atoms with E-state index in [-0.39, 0.29) is 18.2 Å². The molecule has 12 heteroatoms. The summed E-state index contributed by atoms with van der Waals surface area (Å²) < 4.78 is 103. The van der Waals surface area contributed by atoms with E-state index >= 15 is 0 Å². The molecule has 0 spiro atoms. The fraction of sp³-hybridized carbons (Fsp3) is 0.231. The Labute approximate surface area is 137 Å². The molecule has 25 heavy (non-hydrogen) atoms. The molecule has 2 aromatic rings. The smallest absolute Gasteiger partial charge is 0.247 e. The Hall–Kier alpha value is -2.37. The zero-order valence-corrected chi connectivity index (χ0v) is 13.1. The van der Waals surface area contributed by atoms with Gasteiger partial charge in [-0.1, -0.05) is 0 Å². The summed E-state index contributed by atoms with van der Waals surface area (Å²) in [5.74, 6) is -0.481. The molecule has 0 aliphatic carbocycles. The van der Waals surface area contributed by atoms with E-state index in [4.69, 9.17) is 0 Å². The van der Waals surface area contributed by atoms with E-state index in [0.29, 0.717) is 5.69 Å². The van der Waals surface area contributed by atoms with Gasteiger partial charge in [-0.2, -0.15) is 26.3 Å². The number of halogens is 6. The van der Waals surface area contributed by atoms with Crippen LogP contribution in [0, 0.1) is 6.92 Å². The van der Waals surface area contributed by atoms with E-state index in [1.807, 2.05) is 0 Å². The predicted molar refractivity (Wildman–Crippen MR) is 74.0 cm³/mol. The fourth-order valence-corrected chi connectivity index (χ4v) is 2.78. The van der Waals surface area contributed by atoms with Crippen molar-refractivity contribution in [3.63, 3.8) is 0 Å². The average molecular weight is 385 g/mol. The lowest BCUT2D eigenvalue weighted by Gasteiger charge is -2.14. The molecule has 136 valence electrons. The lowest BCUT2D eigenvalue weighted by Crippen LogP contribution is -2.18. The maximum atomic E-state index is 12.8. The first kappa shape index (κ1) is 19.0. The number of alkyl halides is 6. The highest BCUT2D eigenvalue weighted by atomic mass is 32.2. The maximum Gasteiger partial charge on any atom is 0.416 e. The number of rotatable bonds is 3. The third-order valence-corrected chi connectivity index (χ3v) is 4.20. The van der Waals surface area contributed by atoms with Crippen LogP contribution in [0.15, 0.2) is 35.4 Å². The van der Waals surface area contributed by atoms with Gasteiger partial charge in [-0.25, -0.2) is 23.1 Å². The van der Waals surface area contributed by atoms with Gasteiger partial charge in [0.25, 0.3) is 10.0 Å². The summed E-state index contributed by atoms with van der Waals surface area (Å²) in [7, 11) is -4.77. The molecule has 5 nitrogen and oxygen atoms in total. The van der Waals surface area contributed by atoms with Crippen molar-refractivity contribution in [2.24, 2.45) is 0 Å². The number of hydrogen-bond donors (Lipinski definition) is 1. The van der Waals surface area contributed by atoms with Gasteiger partial charge in [0, 0.05) is 11.9 Å². The highest BCUT2D eigenvalue weighted by molar-refractivity contribution is 7.92. The summed E-state index contributed by atoms with van der Waals surface area (Å²) in [4.78, 5) is 6.02. The van der Waals surface area contributed by atoms with Crippen LogP contribution in [-0.2, 0) is 22.4 Å². The number of benzene rings is 1. The first-order chi connectivity index (χ1) is 11.3. The zero-order chi connectivity index (χ0) is 19.0. The average Bonchev–Trinajstić information content (AvgIpc) is 2.44. The number of aromatic nitrogens is 2. The molecular weight excluding hydrogens is 376 g/mol. The van der Waals surface area contributed by atoms with Crippen molar-refractivity contribution in [3.8, 4) is 0 Å². The van der Waals surface area contributed by atoms with Crippen LogP contribution in [0.25, 0.3) is 0 Å². The summed E-state index contributed by atoms with van der Waals surface area (Å²) >= 11 is 0. The molecule has 2 rings (SSSR count). The topological polar surface area (TPSA) is 72.0 Å². The van der Waals surface area contributed by atoms with Crippen LogP contribution < -0.4 is 4.72 Å². The monoisotopic (exact) mass is 385 g/mol. The van der Waals surface area contributed by atoms with Gasteiger partial charge in [-0.05, 0) is 31.2 Å². The van der Waals surface area contributed by atoms with Crippen LogP contribution in [0.1, 0.15) is 16.8 Å². The Bertz CT molecular complexity index is 861. The molecule has 0 bridgehead atoms.